The van der Waals surface area contributed by atoms with Crippen LogP contribution in [0.1, 0.15) is 24.2 Å². The van der Waals surface area contributed by atoms with Gasteiger partial charge in [0.05, 0.1) is 0 Å². The average Bonchev–Trinajstić information content (AvgIpc) is 2.19. The van der Waals surface area contributed by atoms with E-state index in [1.165, 1.54) is 0 Å². The number of carbonyl (C=O) groups is 1. The van der Waals surface area contributed by atoms with Gasteiger partial charge in [-0.15, -0.1) is 0 Å². The Kier molecular flexibility index (Phi) is 3.59. The van der Waals surface area contributed by atoms with E-state index in [1.807, 2.05) is 13.8 Å². The Hall–Kier alpha value is -1.42. The third kappa shape index (κ3) is 2.81. The summed E-state index contributed by atoms with van der Waals surface area (Å²) < 4.78 is 0. The molecule has 1 amide bonds. The van der Waals surface area contributed by atoms with Gasteiger partial charge < -0.3 is 11.1 Å². The molecule has 14 heavy (non-hydrogen) atoms. The number of hydrogen-bond acceptors (Lipinski definition) is 3. The molecule has 4 nitrogen and oxygen atoms in total. The minimum atomic E-state index is -0.114. The Morgan fingerprint density at radius 3 is 2.50 bits per heavy atom. The minimum absolute atomic E-state index is 0.0318. The van der Waals surface area contributed by atoms with Crippen LogP contribution in [0, 0.1) is 0 Å². The van der Waals surface area contributed by atoms with Gasteiger partial charge in [-0.1, -0.05) is 0 Å². The third-order valence-electron chi connectivity index (χ3n) is 2.09. The van der Waals surface area contributed by atoms with E-state index >= 15 is 0 Å². The Morgan fingerprint density at radius 2 is 2.00 bits per heavy atom. The summed E-state index contributed by atoms with van der Waals surface area (Å²) in [6.07, 6.45) is 3.18. The van der Waals surface area contributed by atoms with Gasteiger partial charge in [-0.2, -0.15) is 0 Å². The van der Waals surface area contributed by atoms with Gasteiger partial charge >= 0.3 is 0 Å². The summed E-state index contributed by atoms with van der Waals surface area (Å²) in [5.41, 5.74) is 6.24. The standard InChI is InChI=1S/C10H15N3O/c1-7(11)8(2)13-10(14)9-3-5-12-6-4-9/h3-8H,11H2,1-2H3,(H,13,14). The van der Waals surface area contributed by atoms with E-state index in [1.54, 1.807) is 24.5 Å². The van der Waals surface area contributed by atoms with E-state index in [4.69, 9.17) is 5.73 Å². The monoisotopic (exact) mass is 193 g/mol. The molecule has 1 aromatic rings. The van der Waals surface area contributed by atoms with Crippen LogP contribution in [0.3, 0.4) is 0 Å². The summed E-state index contributed by atoms with van der Waals surface area (Å²) in [6, 6.07) is 3.25. The number of nitrogens with two attached hydrogens (primary N) is 1. The first-order valence-corrected chi connectivity index (χ1v) is 4.57. The molecule has 0 saturated heterocycles. The highest BCUT2D eigenvalue weighted by Crippen LogP contribution is 1.97. The van der Waals surface area contributed by atoms with E-state index in [2.05, 4.69) is 10.3 Å². The van der Waals surface area contributed by atoms with E-state index in [0.29, 0.717) is 5.56 Å². The highest BCUT2D eigenvalue weighted by atomic mass is 16.1. The summed E-state index contributed by atoms with van der Waals surface area (Å²) in [5.74, 6) is -0.114. The van der Waals surface area contributed by atoms with Gasteiger partial charge in [-0.3, -0.25) is 9.78 Å². The van der Waals surface area contributed by atoms with Crippen molar-refractivity contribution in [2.24, 2.45) is 5.73 Å². The van der Waals surface area contributed by atoms with Crippen LogP contribution in [0.4, 0.5) is 0 Å². The molecule has 0 aliphatic rings. The second-order valence-corrected chi connectivity index (χ2v) is 3.36. The van der Waals surface area contributed by atoms with Gasteiger partial charge in [-0.05, 0) is 26.0 Å². The average molecular weight is 193 g/mol. The fourth-order valence-corrected chi connectivity index (χ4v) is 0.925. The van der Waals surface area contributed by atoms with Crippen LogP contribution < -0.4 is 11.1 Å². The van der Waals surface area contributed by atoms with Crippen molar-refractivity contribution >= 4 is 5.91 Å². The normalized spacial score (nSPS) is 14.5. The molecule has 2 unspecified atom stereocenters. The van der Waals surface area contributed by atoms with Crippen molar-refractivity contribution in [3.8, 4) is 0 Å². The second-order valence-electron chi connectivity index (χ2n) is 3.36. The third-order valence-corrected chi connectivity index (χ3v) is 2.09. The van der Waals surface area contributed by atoms with Gasteiger partial charge in [0, 0.05) is 30.0 Å². The second kappa shape index (κ2) is 4.72. The van der Waals surface area contributed by atoms with Crippen molar-refractivity contribution in [2.75, 3.05) is 0 Å². The summed E-state index contributed by atoms with van der Waals surface area (Å²) in [6.45, 7) is 3.74. The van der Waals surface area contributed by atoms with Crippen LogP contribution >= 0.6 is 0 Å². The van der Waals surface area contributed by atoms with Crippen molar-refractivity contribution in [1.82, 2.24) is 10.3 Å². The fourth-order valence-electron chi connectivity index (χ4n) is 0.925. The van der Waals surface area contributed by atoms with E-state index < -0.39 is 0 Å². The number of hydrogen-bond donors (Lipinski definition) is 2. The zero-order valence-corrected chi connectivity index (χ0v) is 8.40. The van der Waals surface area contributed by atoms with Gasteiger partial charge in [0.1, 0.15) is 0 Å². The first-order valence-electron chi connectivity index (χ1n) is 4.57. The van der Waals surface area contributed by atoms with Gasteiger partial charge in [-0.25, -0.2) is 0 Å². The van der Waals surface area contributed by atoms with Crippen LogP contribution in [0.25, 0.3) is 0 Å². The molecule has 1 heterocycles. The Morgan fingerprint density at radius 1 is 1.43 bits per heavy atom. The maximum atomic E-state index is 11.6. The Balaban J connectivity index is 2.60. The van der Waals surface area contributed by atoms with Crippen LogP contribution in [0.5, 0.6) is 0 Å². The molecule has 0 fully saturated rings. The molecule has 0 radical (unpaired) electrons. The van der Waals surface area contributed by atoms with Crippen LogP contribution in [-0.4, -0.2) is 23.0 Å². The Labute approximate surface area is 83.5 Å². The maximum Gasteiger partial charge on any atom is 0.251 e. The van der Waals surface area contributed by atoms with Crippen LogP contribution in [-0.2, 0) is 0 Å². The fraction of sp³-hybridized carbons (Fsp3) is 0.400. The lowest BCUT2D eigenvalue weighted by atomic mass is 10.1. The molecule has 76 valence electrons. The smallest absolute Gasteiger partial charge is 0.251 e. The Bertz CT molecular complexity index is 297. The van der Waals surface area contributed by atoms with Crippen molar-refractivity contribution < 1.29 is 4.79 Å². The largest absolute Gasteiger partial charge is 0.348 e. The lowest BCUT2D eigenvalue weighted by molar-refractivity contribution is 0.0935. The molecule has 1 rings (SSSR count). The molecule has 0 spiro atoms. The van der Waals surface area contributed by atoms with Crippen molar-refractivity contribution in [3.05, 3.63) is 30.1 Å². The highest BCUT2D eigenvalue weighted by molar-refractivity contribution is 5.94. The van der Waals surface area contributed by atoms with E-state index in [9.17, 15) is 4.79 Å². The number of nitrogens with one attached hydrogen (secondary N) is 1. The lowest BCUT2D eigenvalue weighted by Gasteiger charge is -2.17. The van der Waals surface area contributed by atoms with Gasteiger partial charge in [0.25, 0.3) is 5.91 Å². The number of nitrogens with zero attached hydrogens (tertiary/aromatic N) is 1. The summed E-state index contributed by atoms with van der Waals surface area (Å²) in [4.78, 5) is 15.4. The van der Waals surface area contributed by atoms with E-state index in [0.717, 1.165) is 0 Å². The topological polar surface area (TPSA) is 68.0 Å². The quantitative estimate of drug-likeness (QED) is 0.736. The minimum Gasteiger partial charge on any atom is -0.348 e. The van der Waals surface area contributed by atoms with Crippen LogP contribution in [0.15, 0.2) is 24.5 Å². The first-order chi connectivity index (χ1) is 6.61. The molecule has 4 heteroatoms. The predicted octanol–water partition coefficient (Wildman–Crippen LogP) is 0.547. The number of amides is 1. The van der Waals surface area contributed by atoms with Gasteiger partial charge in [0.15, 0.2) is 0 Å². The first kappa shape index (κ1) is 10.7. The molecular weight excluding hydrogens is 178 g/mol. The number of aromatic nitrogens is 1. The van der Waals surface area contributed by atoms with Gasteiger partial charge in [0.2, 0.25) is 0 Å². The summed E-state index contributed by atoms with van der Waals surface area (Å²) in [7, 11) is 0. The van der Waals surface area contributed by atoms with Crippen LogP contribution in [0.2, 0.25) is 0 Å². The van der Waals surface area contributed by atoms with Crippen molar-refractivity contribution in [3.63, 3.8) is 0 Å². The molecule has 0 saturated carbocycles. The highest BCUT2D eigenvalue weighted by Gasteiger charge is 2.11. The molecule has 0 aliphatic carbocycles. The summed E-state index contributed by atoms with van der Waals surface area (Å²) in [5, 5.41) is 2.80. The van der Waals surface area contributed by atoms with E-state index in [-0.39, 0.29) is 18.0 Å². The SMILES string of the molecule is CC(N)C(C)NC(=O)c1ccncc1. The molecule has 1 aromatic heterocycles. The lowest BCUT2D eigenvalue weighted by Crippen LogP contribution is -2.43. The molecular formula is C10H15N3O. The number of rotatable bonds is 3. The predicted molar refractivity (Wildman–Crippen MR) is 54.8 cm³/mol. The zero-order valence-electron chi connectivity index (χ0n) is 8.40. The maximum absolute atomic E-state index is 11.6. The molecule has 0 aromatic carbocycles. The van der Waals surface area contributed by atoms with Crippen molar-refractivity contribution in [1.29, 1.82) is 0 Å². The zero-order chi connectivity index (χ0) is 10.6. The number of pyridine rings is 1. The number of carbonyl (C=O) groups excluding carboxylic acids is 1. The summed E-state index contributed by atoms with van der Waals surface area (Å²) >= 11 is 0. The molecule has 2 atom stereocenters. The molecule has 0 aliphatic heterocycles. The molecule has 3 N–H and O–H groups in total. The molecule has 0 bridgehead atoms. The van der Waals surface area contributed by atoms with Crippen molar-refractivity contribution in [2.45, 2.75) is 25.9 Å².